The fourth-order valence-electron chi connectivity index (χ4n) is 0.515. The Hall–Kier alpha value is -1.63. The lowest BCUT2D eigenvalue weighted by molar-refractivity contribution is -0.355. The molecule has 0 aromatic carbocycles. The zero-order valence-electron chi connectivity index (χ0n) is 7.13. The van der Waals surface area contributed by atoms with Gasteiger partial charge in [0.2, 0.25) is 11.8 Å². The second kappa shape index (κ2) is 5.95. The standard InChI is InChI=1S/C6H12N4O3/c7-1-5(12)10-3-6(13)9-2-4(8)11/h1-3,7H2,(H2,8,11)(H,9,13)(H,10,12)/p+1. The molecule has 7 heteroatoms. The molecule has 0 spiro atoms. The molecular weight excluding hydrogens is 176 g/mol. The first-order valence-electron chi connectivity index (χ1n) is 3.67. The highest BCUT2D eigenvalue weighted by Gasteiger charge is 2.04. The number of nitrogens with two attached hydrogens (primary N) is 1. The van der Waals surface area contributed by atoms with E-state index in [9.17, 15) is 14.4 Å². The average Bonchev–Trinajstić information content (AvgIpc) is 2.10. The van der Waals surface area contributed by atoms with E-state index in [-0.39, 0.29) is 25.5 Å². The smallest absolute Gasteiger partial charge is 0.275 e. The summed E-state index contributed by atoms with van der Waals surface area (Å²) in [6, 6.07) is 0. The maximum absolute atomic E-state index is 10.8. The van der Waals surface area contributed by atoms with Crippen LogP contribution >= 0.6 is 0 Å². The Kier molecular flexibility index (Phi) is 5.20. The Labute approximate surface area is 74.8 Å². The van der Waals surface area contributed by atoms with Crippen LogP contribution in [0.3, 0.4) is 0 Å². The molecule has 0 rings (SSSR count). The molecule has 0 aromatic heterocycles. The Morgan fingerprint density at radius 2 is 1.62 bits per heavy atom. The molecule has 0 saturated heterocycles. The zero-order chi connectivity index (χ0) is 10.3. The summed E-state index contributed by atoms with van der Waals surface area (Å²) < 4.78 is 0. The van der Waals surface area contributed by atoms with Crippen LogP contribution in [-0.2, 0) is 14.4 Å². The largest absolute Gasteiger partial charge is 0.368 e. The van der Waals surface area contributed by atoms with Gasteiger partial charge in [-0.3, -0.25) is 14.4 Å². The van der Waals surface area contributed by atoms with E-state index in [2.05, 4.69) is 16.4 Å². The number of quaternary nitrogens is 1. The Morgan fingerprint density at radius 1 is 1.08 bits per heavy atom. The second-order valence-corrected chi connectivity index (χ2v) is 2.27. The predicted molar refractivity (Wildman–Crippen MR) is 43.0 cm³/mol. The number of nitrogens with one attached hydrogen (secondary N) is 2. The summed E-state index contributed by atoms with van der Waals surface area (Å²) in [5, 5.41) is 4.50. The lowest BCUT2D eigenvalue weighted by Gasteiger charge is -2.02. The molecule has 0 aliphatic rings. The van der Waals surface area contributed by atoms with E-state index >= 15 is 0 Å². The summed E-state index contributed by atoms with van der Waals surface area (Å²) in [6.45, 7) is -0.316. The number of hydrogen-bond donors (Lipinski definition) is 4. The molecular formula is C6H13N4O3+. The molecule has 0 bridgehead atoms. The highest BCUT2D eigenvalue weighted by molar-refractivity contribution is 5.87. The van der Waals surface area contributed by atoms with Crippen molar-refractivity contribution in [3.63, 3.8) is 0 Å². The quantitative estimate of drug-likeness (QED) is 0.351. The van der Waals surface area contributed by atoms with E-state index in [1.807, 2.05) is 0 Å². The molecule has 0 heterocycles. The van der Waals surface area contributed by atoms with Crippen molar-refractivity contribution < 1.29 is 20.1 Å². The Morgan fingerprint density at radius 3 is 2.08 bits per heavy atom. The van der Waals surface area contributed by atoms with Crippen molar-refractivity contribution >= 4 is 17.7 Å². The highest BCUT2D eigenvalue weighted by atomic mass is 16.2. The van der Waals surface area contributed by atoms with Gasteiger partial charge in [-0.05, 0) is 0 Å². The van der Waals surface area contributed by atoms with Crippen molar-refractivity contribution in [2.45, 2.75) is 0 Å². The maximum Gasteiger partial charge on any atom is 0.275 e. The van der Waals surface area contributed by atoms with Gasteiger partial charge < -0.3 is 22.1 Å². The molecule has 0 fully saturated rings. The molecule has 7 nitrogen and oxygen atoms in total. The SMILES string of the molecule is NC(=O)CNC(=O)CNC(=O)C[NH3+]. The van der Waals surface area contributed by atoms with Crippen molar-refractivity contribution in [3.8, 4) is 0 Å². The minimum atomic E-state index is -0.628. The third-order valence-corrected chi connectivity index (χ3v) is 1.13. The van der Waals surface area contributed by atoms with Crippen molar-refractivity contribution in [1.82, 2.24) is 10.6 Å². The van der Waals surface area contributed by atoms with Gasteiger partial charge in [-0.1, -0.05) is 0 Å². The molecule has 0 radical (unpaired) electrons. The van der Waals surface area contributed by atoms with Crippen LogP contribution in [0.2, 0.25) is 0 Å². The highest BCUT2D eigenvalue weighted by Crippen LogP contribution is 1.64. The van der Waals surface area contributed by atoms with E-state index < -0.39 is 11.8 Å². The van der Waals surface area contributed by atoms with Crippen LogP contribution in [0.5, 0.6) is 0 Å². The zero-order valence-corrected chi connectivity index (χ0v) is 7.13. The number of carbonyl (C=O) groups is 3. The van der Waals surface area contributed by atoms with E-state index in [0.29, 0.717) is 0 Å². The summed E-state index contributed by atoms with van der Waals surface area (Å²) in [7, 11) is 0. The summed E-state index contributed by atoms with van der Waals surface area (Å²) in [4.78, 5) is 31.6. The molecule has 0 saturated carbocycles. The average molecular weight is 189 g/mol. The molecule has 74 valence electrons. The van der Waals surface area contributed by atoms with Crippen molar-refractivity contribution in [2.75, 3.05) is 19.6 Å². The van der Waals surface area contributed by atoms with Gasteiger partial charge in [-0.25, -0.2) is 0 Å². The number of amides is 3. The minimum absolute atomic E-state index is 0.0725. The third-order valence-electron chi connectivity index (χ3n) is 1.13. The number of rotatable bonds is 5. The first-order valence-corrected chi connectivity index (χ1v) is 3.67. The van der Waals surface area contributed by atoms with Crippen LogP contribution in [0, 0.1) is 0 Å². The van der Waals surface area contributed by atoms with Crippen LogP contribution in [-0.4, -0.2) is 37.4 Å². The Bertz CT molecular complexity index is 216. The van der Waals surface area contributed by atoms with E-state index in [1.54, 1.807) is 0 Å². The van der Waals surface area contributed by atoms with E-state index in [0.717, 1.165) is 0 Å². The molecule has 0 aliphatic carbocycles. The molecule has 13 heavy (non-hydrogen) atoms. The third kappa shape index (κ3) is 6.76. The first-order chi connectivity index (χ1) is 6.06. The van der Waals surface area contributed by atoms with Crippen LogP contribution in [0.25, 0.3) is 0 Å². The van der Waals surface area contributed by atoms with Gasteiger partial charge >= 0.3 is 0 Å². The van der Waals surface area contributed by atoms with Crippen LogP contribution in [0.15, 0.2) is 0 Å². The van der Waals surface area contributed by atoms with E-state index in [1.165, 1.54) is 0 Å². The van der Waals surface area contributed by atoms with Gasteiger partial charge in [-0.15, -0.1) is 0 Å². The fourth-order valence-corrected chi connectivity index (χ4v) is 0.515. The summed E-state index contributed by atoms with van der Waals surface area (Å²) in [5.41, 5.74) is 8.09. The molecule has 0 atom stereocenters. The van der Waals surface area contributed by atoms with Crippen LogP contribution < -0.4 is 22.1 Å². The van der Waals surface area contributed by atoms with Gasteiger partial charge in [-0.2, -0.15) is 0 Å². The summed E-state index contributed by atoms with van der Waals surface area (Å²) in [5.74, 6) is -1.41. The van der Waals surface area contributed by atoms with Crippen molar-refractivity contribution in [1.29, 1.82) is 0 Å². The topological polar surface area (TPSA) is 129 Å². The van der Waals surface area contributed by atoms with Gasteiger partial charge in [0.15, 0.2) is 6.54 Å². The normalized spacial score (nSPS) is 9.00. The number of primary amides is 1. The van der Waals surface area contributed by atoms with Crippen molar-refractivity contribution in [2.24, 2.45) is 5.73 Å². The lowest BCUT2D eigenvalue weighted by Crippen LogP contribution is -2.58. The molecule has 7 N–H and O–H groups in total. The maximum atomic E-state index is 10.8. The lowest BCUT2D eigenvalue weighted by atomic mass is 10.5. The summed E-state index contributed by atoms with van der Waals surface area (Å²) >= 11 is 0. The molecule has 0 aliphatic heterocycles. The monoisotopic (exact) mass is 189 g/mol. The predicted octanol–water partition coefficient (Wildman–Crippen LogP) is -4.05. The second-order valence-electron chi connectivity index (χ2n) is 2.27. The Balaban J connectivity index is 3.52. The van der Waals surface area contributed by atoms with Gasteiger partial charge in [0.1, 0.15) is 0 Å². The van der Waals surface area contributed by atoms with Gasteiger partial charge in [0.05, 0.1) is 13.1 Å². The molecule has 0 aromatic rings. The van der Waals surface area contributed by atoms with Crippen LogP contribution in [0.4, 0.5) is 0 Å². The molecule has 3 amide bonds. The first kappa shape index (κ1) is 11.4. The van der Waals surface area contributed by atoms with Crippen LogP contribution in [0.1, 0.15) is 0 Å². The van der Waals surface area contributed by atoms with E-state index in [4.69, 9.17) is 5.73 Å². The molecule has 0 unspecified atom stereocenters. The number of carbonyl (C=O) groups excluding carboxylic acids is 3. The minimum Gasteiger partial charge on any atom is -0.368 e. The van der Waals surface area contributed by atoms with Gasteiger partial charge in [0.25, 0.3) is 5.91 Å². The van der Waals surface area contributed by atoms with Crippen molar-refractivity contribution in [3.05, 3.63) is 0 Å². The summed E-state index contributed by atoms with van der Waals surface area (Å²) in [6.07, 6.45) is 0. The fraction of sp³-hybridized carbons (Fsp3) is 0.500. The number of hydrogen-bond acceptors (Lipinski definition) is 3. The van der Waals surface area contributed by atoms with Gasteiger partial charge in [0, 0.05) is 0 Å².